The average Bonchev–Trinajstić information content (AvgIpc) is 3.08. The van der Waals surface area contributed by atoms with Crippen molar-refractivity contribution in [3.8, 4) is 0 Å². The van der Waals surface area contributed by atoms with Gasteiger partial charge in [0.1, 0.15) is 5.82 Å². The Labute approximate surface area is 144 Å². The van der Waals surface area contributed by atoms with Crippen molar-refractivity contribution in [1.82, 2.24) is 15.1 Å². The molecule has 0 radical (unpaired) electrons. The molecule has 2 aliphatic rings. The van der Waals surface area contributed by atoms with Crippen molar-refractivity contribution in [3.63, 3.8) is 0 Å². The van der Waals surface area contributed by atoms with E-state index < -0.39 is 0 Å². The first-order valence-corrected chi connectivity index (χ1v) is 8.87. The number of allylic oxidation sites excluding steroid dienone is 2. The molecular formula is C19H28N4O. The topological polar surface area (TPSA) is 58.1 Å². The van der Waals surface area contributed by atoms with Gasteiger partial charge < -0.3 is 10.2 Å². The highest BCUT2D eigenvalue weighted by atomic mass is 16.2. The average molecular weight is 328 g/mol. The second kappa shape index (κ2) is 6.54. The lowest BCUT2D eigenvalue weighted by Gasteiger charge is -2.33. The van der Waals surface area contributed by atoms with Crippen LogP contribution in [0.2, 0.25) is 0 Å². The van der Waals surface area contributed by atoms with Crippen molar-refractivity contribution in [3.05, 3.63) is 30.0 Å². The molecule has 1 saturated carbocycles. The van der Waals surface area contributed by atoms with Gasteiger partial charge in [-0.1, -0.05) is 25.5 Å². The standard InChI is InChI=1S/C19H28N4O/c1-13(2)12-15-17(19(15,3)4)18(24)23-10-7-14(8-11-23)21-16-6-5-9-20-22-16/h5-6,9,12,14-15,17H,7-8,10-11H2,1-4H3,(H,21,22). The van der Waals surface area contributed by atoms with Gasteiger partial charge in [-0.25, -0.2) is 0 Å². The number of hydrogen-bond donors (Lipinski definition) is 1. The Bertz CT molecular complexity index is 614. The van der Waals surface area contributed by atoms with Crippen LogP contribution in [0, 0.1) is 17.3 Å². The fourth-order valence-electron chi connectivity index (χ4n) is 3.85. The van der Waals surface area contributed by atoms with E-state index in [1.54, 1.807) is 6.20 Å². The molecular weight excluding hydrogens is 300 g/mol. The second-order valence-electron chi connectivity index (χ2n) is 7.92. The van der Waals surface area contributed by atoms with Crippen LogP contribution in [0.25, 0.3) is 0 Å². The maximum absolute atomic E-state index is 12.9. The van der Waals surface area contributed by atoms with Crippen LogP contribution in [0.15, 0.2) is 30.0 Å². The molecule has 1 aliphatic carbocycles. The van der Waals surface area contributed by atoms with Gasteiger partial charge in [0.2, 0.25) is 5.91 Å². The summed E-state index contributed by atoms with van der Waals surface area (Å²) >= 11 is 0. The van der Waals surface area contributed by atoms with Gasteiger partial charge in [-0.05, 0) is 50.2 Å². The van der Waals surface area contributed by atoms with E-state index in [2.05, 4.69) is 54.2 Å². The number of carbonyl (C=O) groups excluding carboxylic acids is 1. The number of rotatable bonds is 4. The first kappa shape index (κ1) is 16.9. The lowest BCUT2D eigenvalue weighted by molar-refractivity contribution is -0.134. The molecule has 3 rings (SSSR count). The summed E-state index contributed by atoms with van der Waals surface area (Å²) in [5, 5.41) is 11.4. The number of piperidine rings is 1. The maximum atomic E-state index is 12.9. The monoisotopic (exact) mass is 328 g/mol. The van der Waals surface area contributed by atoms with E-state index in [0.29, 0.717) is 17.9 Å². The van der Waals surface area contributed by atoms with Gasteiger partial charge in [0.25, 0.3) is 0 Å². The molecule has 24 heavy (non-hydrogen) atoms. The number of nitrogens with one attached hydrogen (secondary N) is 1. The molecule has 1 aromatic heterocycles. The second-order valence-corrected chi connectivity index (χ2v) is 7.92. The lowest BCUT2D eigenvalue weighted by Crippen LogP contribution is -2.43. The van der Waals surface area contributed by atoms with Crippen LogP contribution in [0.1, 0.15) is 40.5 Å². The van der Waals surface area contributed by atoms with Gasteiger partial charge >= 0.3 is 0 Å². The van der Waals surface area contributed by atoms with Crippen LogP contribution in [0.4, 0.5) is 5.82 Å². The minimum atomic E-state index is 0.100. The Morgan fingerprint density at radius 1 is 1.33 bits per heavy atom. The van der Waals surface area contributed by atoms with Crippen LogP contribution in [0.3, 0.4) is 0 Å². The molecule has 1 saturated heterocycles. The van der Waals surface area contributed by atoms with Gasteiger partial charge in [-0.2, -0.15) is 5.10 Å². The van der Waals surface area contributed by atoms with Crippen LogP contribution in [-0.2, 0) is 4.79 Å². The third-order valence-corrected chi connectivity index (χ3v) is 5.42. The first-order valence-electron chi connectivity index (χ1n) is 8.87. The van der Waals surface area contributed by atoms with E-state index in [9.17, 15) is 4.79 Å². The smallest absolute Gasteiger partial charge is 0.226 e. The summed E-state index contributed by atoms with van der Waals surface area (Å²) in [6, 6.07) is 4.18. The van der Waals surface area contributed by atoms with Crippen LogP contribution in [0.5, 0.6) is 0 Å². The van der Waals surface area contributed by atoms with Crippen molar-refractivity contribution in [1.29, 1.82) is 0 Å². The summed E-state index contributed by atoms with van der Waals surface area (Å²) in [7, 11) is 0. The highest BCUT2D eigenvalue weighted by molar-refractivity contribution is 5.84. The van der Waals surface area contributed by atoms with Crippen LogP contribution < -0.4 is 5.32 Å². The van der Waals surface area contributed by atoms with Crippen molar-refractivity contribution in [2.45, 2.75) is 46.6 Å². The molecule has 1 N–H and O–H groups in total. The number of nitrogens with zero attached hydrogens (tertiary/aromatic N) is 3. The minimum Gasteiger partial charge on any atom is -0.366 e. The third-order valence-electron chi connectivity index (χ3n) is 5.42. The number of likely N-dealkylation sites (tertiary alicyclic amines) is 1. The Morgan fingerprint density at radius 2 is 2.04 bits per heavy atom. The van der Waals surface area contributed by atoms with Crippen molar-refractivity contribution < 1.29 is 4.79 Å². The largest absolute Gasteiger partial charge is 0.366 e. The molecule has 5 heteroatoms. The molecule has 2 atom stereocenters. The highest BCUT2D eigenvalue weighted by Crippen LogP contribution is 2.60. The van der Waals surface area contributed by atoms with Gasteiger partial charge in [-0.3, -0.25) is 4.79 Å². The highest BCUT2D eigenvalue weighted by Gasteiger charge is 2.61. The first-order chi connectivity index (χ1) is 11.4. The Hall–Kier alpha value is -1.91. The number of aromatic nitrogens is 2. The third kappa shape index (κ3) is 3.45. The molecule has 5 nitrogen and oxygen atoms in total. The van der Waals surface area contributed by atoms with Gasteiger partial charge in [-0.15, -0.1) is 5.10 Å². The van der Waals surface area contributed by atoms with E-state index in [4.69, 9.17) is 0 Å². The quantitative estimate of drug-likeness (QED) is 0.863. The maximum Gasteiger partial charge on any atom is 0.226 e. The van der Waals surface area contributed by atoms with E-state index in [1.165, 1.54) is 5.57 Å². The fourth-order valence-corrected chi connectivity index (χ4v) is 3.85. The molecule has 0 bridgehead atoms. The molecule has 1 aromatic rings. The zero-order valence-corrected chi connectivity index (χ0v) is 15.1. The summed E-state index contributed by atoms with van der Waals surface area (Å²) in [5.74, 6) is 1.69. The van der Waals surface area contributed by atoms with Gasteiger partial charge in [0.05, 0.1) is 5.92 Å². The number of carbonyl (C=O) groups is 1. The summed E-state index contributed by atoms with van der Waals surface area (Å²) in [4.78, 5) is 14.9. The minimum absolute atomic E-state index is 0.100. The van der Waals surface area contributed by atoms with Crippen molar-refractivity contribution in [2.75, 3.05) is 18.4 Å². The van der Waals surface area contributed by atoms with Gasteiger partial charge in [0.15, 0.2) is 0 Å². The zero-order chi connectivity index (χ0) is 17.3. The van der Waals surface area contributed by atoms with E-state index >= 15 is 0 Å². The predicted molar refractivity (Wildman–Crippen MR) is 95.4 cm³/mol. The summed E-state index contributed by atoms with van der Waals surface area (Å²) in [6.45, 7) is 10.3. The predicted octanol–water partition coefficient (Wildman–Crippen LogP) is 3.12. The molecule has 1 aliphatic heterocycles. The SMILES string of the molecule is CC(C)=CC1C(C(=O)N2CCC(Nc3cccnn3)CC2)C1(C)C. The van der Waals surface area contributed by atoms with Crippen LogP contribution >= 0.6 is 0 Å². The molecule has 0 aromatic carbocycles. The summed E-state index contributed by atoms with van der Waals surface area (Å²) in [6.07, 6.45) is 5.86. The number of amides is 1. The molecule has 130 valence electrons. The Balaban J connectivity index is 1.53. The molecule has 2 unspecified atom stereocenters. The summed E-state index contributed by atoms with van der Waals surface area (Å²) in [5.41, 5.74) is 1.40. The molecule has 2 fully saturated rings. The molecule has 0 spiro atoms. The number of hydrogen-bond acceptors (Lipinski definition) is 4. The van der Waals surface area contributed by atoms with E-state index in [1.807, 2.05) is 12.1 Å². The van der Waals surface area contributed by atoms with Crippen molar-refractivity contribution in [2.24, 2.45) is 17.3 Å². The Kier molecular flexibility index (Phi) is 4.61. The number of anilines is 1. The lowest BCUT2D eigenvalue weighted by atomic mass is 10.0. The molecule has 2 heterocycles. The normalized spacial score (nSPS) is 25.9. The molecule has 1 amide bonds. The Morgan fingerprint density at radius 3 is 2.62 bits per heavy atom. The van der Waals surface area contributed by atoms with E-state index in [0.717, 1.165) is 31.7 Å². The van der Waals surface area contributed by atoms with Crippen molar-refractivity contribution >= 4 is 11.7 Å². The zero-order valence-electron chi connectivity index (χ0n) is 15.1. The van der Waals surface area contributed by atoms with Gasteiger partial charge in [0, 0.05) is 25.3 Å². The van der Waals surface area contributed by atoms with E-state index in [-0.39, 0.29) is 11.3 Å². The fraction of sp³-hybridized carbons (Fsp3) is 0.632. The van der Waals surface area contributed by atoms with Crippen LogP contribution in [-0.4, -0.2) is 40.1 Å². The summed E-state index contributed by atoms with van der Waals surface area (Å²) < 4.78 is 0.